The molecule has 0 spiro atoms. The normalized spacial score (nSPS) is 10.3. The molecular formula is C9H7KO3. The number of carboxylic acids is 1. The molecule has 0 aliphatic heterocycles. The molecule has 0 N–H and O–H groups in total. The van der Waals surface area contributed by atoms with Crippen LogP contribution in [0.5, 0.6) is 0 Å². The number of hydrogen-bond donors (Lipinski definition) is 0. The monoisotopic (exact) mass is 202 g/mol. The van der Waals surface area contributed by atoms with Crippen LogP contribution in [0.4, 0.5) is 0 Å². The molecule has 0 bridgehead atoms. The molecule has 3 nitrogen and oxygen atoms in total. The van der Waals surface area contributed by atoms with Crippen LogP contribution in [0, 0.1) is 0 Å². The first-order valence-electron chi connectivity index (χ1n) is 3.33. The number of carboxylic acid groups (broad SMARTS) is 1. The Labute approximate surface area is 119 Å². The third kappa shape index (κ3) is 3.62. The predicted molar refractivity (Wildman–Crippen MR) is 41.9 cm³/mol. The van der Waals surface area contributed by atoms with E-state index in [-0.39, 0.29) is 62.7 Å². The number of carbonyl (C=O) groups is 1. The van der Waals surface area contributed by atoms with E-state index in [9.17, 15) is 9.90 Å². The van der Waals surface area contributed by atoms with E-state index in [1.54, 1.807) is 12.1 Å². The quantitative estimate of drug-likeness (QED) is 0.312. The fraction of sp³-hybridized carbons (Fsp3) is 0. The first kappa shape index (κ1) is 12.9. The van der Waals surface area contributed by atoms with Gasteiger partial charge in [-0.15, -0.1) is 0 Å². The number of rotatable bonds is 3. The summed E-state index contributed by atoms with van der Waals surface area (Å²) in [6.45, 7) is 3.38. The van der Waals surface area contributed by atoms with E-state index in [0.717, 1.165) is 0 Å². The van der Waals surface area contributed by atoms with Crippen molar-refractivity contribution in [1.29, 1.82) is 0 Å². The standard InChI is InChI=1S/C9H8O3.K/c1-2-4-7(9(10)11)8-5-3-6-12-8;/h2-6H,1H2,(H,10,11);/q;+1/p-1. The predicted octanol–water partition coefficient (Wildman–Crippen LogP) is -2.40. The van der Waals surface area contributed by atoms with Gasteiger partial charge in [0, 0.05) is 5.57 Å². The van der Waals surface area contributed by atoms with Crippen molar-refractivity contribution >= 4 is 11.5 Å². The van der Waals surface area contributed by atoms with Gasteiger partial charge in [-0.05, 0) is 18.2 Å². The van der Waals surface area contributed by atoms with Crippen molar-refractivity contribution in [2.24, 2.45) is 0 Å². The van der Waals surface area contributed by atoms with Gasteiger partial charge in [-0.1, -0.05) is 12.7 Å². The molecule has 1 aromatic rings. The van der Waals surface area contributed by atoms with Crippen LogP contribution in [0.2, 0.25) is 0 Å². The maximum Gasteiger partial charge on any atom is 1.00 e. The largest absolute Gasteiger partial charge is 1.00 e. The van der Waals surface area contributed by atoms with Gasteiger partial charge in [0.1, 0.15) is 5.76 Å². The van der Waals surface area contributed by atoms with E-state index in [1.165, 1.54) is 18.4 Å². The van der Waals surface area contributed by atoms with Crippen LogP contribution in [-0.4, -0.2) is 5.97 Å². The van der Waals surface area contributed by atoms with E-state index in [0.29, 0.717) is 0 Å². The maximum absolute atomic E-state index is 10.5. The molecule has 0 aliphatic carbocycles. The minimum atomic E-state index is -1.27. The molecule has 0 fully saturated rings. The van der Waals surface area contributed by atoms with Gasteiger partial charge in [-0.2, -0.15) is 0 Å². The van der Waals surface area contributed by atoms with Crippen molar-refractivity contribution in [3.05, 3.63) is 42.9 Å². The molecule has 0 aromatic carbocycles. The van der Waals surface area contributed by atoms with E-state index < -0.39 is 5.97 Å². The molecule has 1 heterocycles. The van der Waals surface area contributed by atoms with Crippen molar-refractivity contribution in [3.63, 3.8) is 0 Å². The number of aliphatic carboxylic acids is 1. The van der Waals surface area contributed by atoms with E-state index in [1.807, 2.05) is 0 Å². The number of furan rings is 1. The summed E-state index contributed by atoms with van der Waals surface area (Å²) in [6, 6.07) is 3.15. The summed E-state index contributed by atoms with van der Waals surface area (Å²) in [5, 5.41) is 10.5. The summed E-state index contributed by atoms with van der Waals surface area (Å²) in [4.78, 5) is 10.5. The SMILES string of the molecule is C=CC=C(C(=O)[O-])c1ccco1.[K+]. The van der Waals surface area contributed by atoms with Crippen LogP contribution in [0.1, 0.15) is 5.76 Å². The van der Waals surface area contributed by atoms with Gasteiger partial charge in [0.05, 0.1) is 12.2 Å². The van der Waals surface area contributed by atoms with E-state index >= 15 is 0 Å². The fourth-order valence-corrected chi connectivity index (χ4v) is 0.800. The molecule has 0 saturated heterocycles. The number of hydrogen-bond acceptors (Lipinski definition) is 3. The molecular weight excluding hydrogens is 195 g/mol. The second-order valence-electron chi connectivity index (χ2n) is 2.08. The zero-order valence-corrected chi connectivity index (χ0v) is 10.4. The third-order valence-electron chi connectivity index (χ3n) is 1.29. The zero-order valence-electron chi connectivity index (χ0n) is 7.32. The number of allylic oxidation sites excluding steroid dienone is 2. The summed E-state index contributed by atoms with van der Waals surface area (Å²) in [7, 11) is 0. The summed E-state index contributed by atoms with van der Waals surface area (Å²) in [6.07, 6.45) is 4.09. The van der Waals surface area contributed by atoms with Crippen molar-refractivity contribution in [1.82, 2.24) is 0 Å². The number of carbonyl (C=O) groups excluding carboxylic acids is 1. The van der Waals surface area contributed by atoms with Gasteiger partial charge in [-0.25, -0.2) is 0 Å². The van der Waals surface area contributed by atoms with Crippen molar-refractivity contribution in [2.75, 3.05) is 0 Å². The smallest absolute Gasteiger partial charge is 0.545 e. The second kappa shape index (κ2) is 6.34. The van der Waals surface area contributed by atoms with Gasteiger partial charge in [0.25, 0.3) is 0 Å². The van der Waals surface area contributed by atoms with Gasteiger partial charge < -0.3 is 14.3 Å². The van der Waals surface area contributed by atoms with Gasteiger partial charge in [0.15, 0.2) is 0 Å². The van der Waals surface area contributed by atoms with Crippen LogP contribution in [-0.2, 0) is 4.79 Å². The van der Waals surface area contributed by atoms with Crippen LogP contribution in [0.25, 0.3) is 5.57 Å². The molecule has 4 heteroatoms. The third-order valence-corrected chi connectivity index (χ3v) is 1.29. The maximum atomic E-state index is 10.5. The molecule has 13 heavy (non-hydrogen) atoms. The molecule has 1 rings (SSSR count). The molecule has 0 atom stereocenters. The minimum Gasteiger partial charge on any atom is -0.545 e. The van der Waals surface area contributed by atoms with Crippen molar-refractivity contribution < 1.29 is 65.7 Å². The molecule has 0 unspecified atom stereocenters. The van der Waals surface area contributed by atoms with Crippen molar-refractivity contribution in [3.8, 4) is 0 Å². The van der Waals surface area contributed by atoms with Crippen LogP contribution in [0.15, 0.2) is 41.5 Å². The van der Waals surface area contributed by atoms with Gasteiger partial charge >= 0.3 is 51.4 Å². The summed E-state index contributed by atoms with van der Waals surface area (Å²) < 4.78 is 4.87. The average molecular weight is 202 g/mol. The molecule has 1 aromatic heterocycles. The summed E-state index contributed by atoms with van der Waals surface area (Å²) >= 11 is 0. The van der Waals surface area contributed by atoms with Crippen molar-refractivity contribution in [2.45, 2.75) is 0 Å². The van der Waals surface area contributed by atoms with Gasteiger partial charge in [0.2, 0.25) is 0 Å². The Morgan fingerprint density at radius 1 is 1.62 bits per heavy atom. The Hall–Kier alpha value is -0.134. The second-order valence-corrected chi connectivity index (χ2v) is 2.08. The molecule has 0 radical (unpaired) electrons. The Bertz CT molecular complexity index is 312. The van der Waals surface area contributed by atoms with Crippen LogP contribution >= 0.6 is 0 Å². The molecule has 0 aliphatic rings. The van der Waals surface area contributed by atoms with E-state index in [4.69, 9.17) is 4.42 Å². The Morgan fingerprint density at radius 3 is 2.69 bits per heavy atom. The van der Waals surface area contributed by atoms with E-state index in [2.05, 4.69) is 6.58 Å². The summed E-state index contributed by atoms with van der Waals surface area (Å²) in [5.74, 6) is -1.00. The molecule has 62 valence electrons. The topological polar surface area (TPSA) is 53.3 Å². The van der Waals surface area contributed by atoms with Crippen LogP contribution < -0.4 is 56.5 Å². The Morgan fingerprint density at radius 2 is 2.31 bits per heavy atom. The zero-order chi connectivity index (χ0) is 8.97. The van der Waals surface area contributed by atoms with Crippen LogP contribution in [0.3, 0.4) is 0 Å². The fourth-order valence-electron chi connectivity index (χ4n) is 0.800. The minimum absolute atomic E-state index is 0. The molecule has 0 amide bonds. The van der Waals surface area contributed by atoms with Gasteiger partial charge in [-0.3, -0.25) is 0 Å². The summed E-state index contributed by atoms with van der Waals surface area (Å²) in [5.41, 5.74) is -0.00463. The first-order valence-corrected chi connectivity index (χ1v) is 3.33. The first-order chi connectivity index (χ1) is 5.75. The Kier molecular flexibility index (Phi) is 6.27. The average Bonchev–Trinajstić information content (AvgIpc) is 2.51. The Balaban J connectivity index is 0.00000144. The molecule has 0 saturated carbocycles.